The molecule has 0 spiro atoms. The summed E-state index contributed by atoms with van der Waals surface area (Å²) >= 11 is 0. The number of carbonyl (C=O) groups excluding carboxylic acids is 3. The number of hydrogen-bond donors (Lipinski definition) is 1. The average molecular weight is 386 g/mol. The van der Waals surface area contributed by atoms with E-state index in [0.29, 0.717) is 26.2 Å². The Morgan fingerprint density at radius 2 is 1.82 bits per heavy atom. The summed E-state index contributed by atoms with van der Waals surface area (Å²) in [7, 11) is 0. The summed E-state index contributed by atoms with van der Waals surface area (Å²) in [6.07, 6.45) is 1.89. The predicted octanol–water partition coefficient (Wildman–Crippen LogP) is 2.36. The molecule has 2 saturated heterocycles. The average Bonchev–Trinajstić information content (AvgIpc) is 2.88. The van der Waals surface area contributed by atoms with Crippen LogP contribution in [0.25, 0.3) is 0 Å². The van der Waals surface area contributed by atoms with E-state index < -0.39 is 5.41 Å². The summed E-state index contributed by atoms with van der Waals surface area (Å²) in [5.41, 5.74) is 0.530. The van der Waals surface area contributed by atoms with Gasteiger partial charge in [0.25, 0.3) is 0 Å². The van der Waals surface area contributed by atoms with Crippen molar-refractivity contribution in [3.8, 4) is 0 Å². The molecule has 0 aromatic heterocycles. The van der Waals surface area contributed by atoms with Gasteiger partial charge in [0.2, 0.25) is 17.7 Å². The minimum atomic E-state index is -0.448. The van der Waals surface area contributed by atoms with Crippen LogP contribution in [-0.4, -0.2) is 53.7 Å². The molecule has 1 N–H and O–H groups in total. The van der Waals surface area contributed by atoms with Gasteiger partial charge in [-0.05, 0) is 18.4 Å². The summed E-state index contributed by atoms with van der Waals surface area (Å²) in [6.45, 7) is 7.88. The highest BCUT2D eigenvalue weighted by molar-refractivity contribution is 5.85. The molecule has 2 fully saturated rings. The van der Waals surface area contributed by atoms with E-state index in [0.717, 1.165) is 18.4 Å². The minimum Gasteiger partial charge on any atom is -0.354 e. The van der Waals surface area contributed by atoms with Crippen molar-refractivity contribution in [2.45, 2.75) is 46.1 Å². The van der Waals surface area contributed by atoms with Crippen LogP contribution in [0.3, 0.4) is 0 Å². The molecule has 28 heavy (non-hydrogen) atoms. The van der Waals surface area contributed by atoms with Crippen molar-refractivity contribution in [2.75, 3.05) is 26.2 Å². The van der Waals surface area contributed by atoms with Crippen molar-refractivity contribution >= 4 is 17.7 Å². The molecule has 6 nitrogen and oxygen atoms in total. The summed E-state index contributed by atoms with van der Waals surface area (Å²) in [5.74, 6) is -0.0918. The molecule has 0 radical (unpaired) electrons. The summed E-state index contributed by atoms with van der Waals surface area (Å²) in [5, 5.41) is 2.88. The molecule has 2 heterocycles. The standard InChI is InChI=1S/C22H31N3O3/c1-22(2,3)21(28)24-12-7-10-17(15-24)20(27)25-13-11-23-19(26)14-18(25)16-8-5-4-6-9-16/h4-6,8-9,17-18H,7,10-15H2,1-3H3,(H,23,26). The Morgan fingerprint density at radius 1 is 1.11 bits per heavy atom. The zero-order chi connectivity index (χ0) is 20.3. The predicted molar refractivity (Wildman–Crippen MR) is 107 cm³/mol. The van der Waals surface area contributed by atoms with E-state index in [2.05, 4.69) is 5.32 Å². The quantitative estimate of drug-likeness (QED) is 0.850. The van der Waals surface area contributed by atoms with Crippen LogP contribution in [0.15, 0.2) is 30.3 Å². The van der Waals surface area contributed by atoms with Crippen LogP contribution in [0.1, 0.15) is 51.6 Å². The summed E-state index contributed by atoms with van der Waals surface area (Å²) < 4.78 is 0. The molecule has 2 unspecified atom stereocenters. The van der Waals surface area contributed by atoms with Gasteiger partial charge >= 0.3 is 0 Å². The lowest BCUT2D eigenvalue weighted by Gasteiger charge is -2.39. The Hall–Kier alpha value is -2.37. The molecule has 2 atom stereocenters. The SMILES string of the molecule is CC(C)(C)C(=O)N1CCCC(C(=O)N2CCNC(=O)CC2c2ccccc2)C1. The number of amides is 3. The zero-order valence-electron chi connectivity index (χ0n) is 17.1. The van der Waals surface area contributed by atoms with Gasteiger partial charge < -0.3 is 15.1 Å². The van der Waals surface area contributed by atoms with Gasteiger partial charge in [-0.3, -0.25) is 14.4 Å². The van der Waals surface area contributed by atoms with Crippen LogP contribution < -0.4 is 5.32 Å². The second-order valence-corrected chi connectivity index (χ2v) is 8.85. The van der Waals surface area contributed by atoms with Crippen molar-refractivity contribution in [3.63, 3.8) is 0 Å². The molecule has 3 rings (SSSR count). The van der Waals surface area contributed by atoms with Crippen LogP contribution >= 0.6 is 0 Å². The second-order valence-electron chi connectivity index (χ2n) is 8.85. The number of nitrogens with one attached hydrogen (secondary N) is 1. The third-order valence-electron chi connectivity index (χ3n) is 5.60. The third kappa shape index (κ3) is 4.54. The van der Waals surface area contributed by atoms with Gasteiger partial charge in [0, 0.05) is 31.6 Å². The van der Waals surface area contributed by atoms with E-state index in [4.69, 9.17) is 0 Å². The zero-order valence-corrected chi connectivity index (χ0v) is 17.1. The van der Waals surface area contributed by atoms with Crippen LogP contribution in [0.2, 0.25) is 0 Å². The second kappa shape index (κ2) is 8.33. The van der Waals surface area contributed by atoms with Gasteiger partial charge in [-0.15, -0.1) is 0 Å². The van der Waals surface area contributed by atoms with Crippen LogP contribution in [0.4, 0.5) is 0 Å². The molecule has 6 heteroatoms. The maximum atomic E-state index is 13.5. The molecule has 3 amide bonds. The number of rotatable bonds is 2. The molecular weight excluding hydrogens is 354 g/mol. The molecule has 0 aliphatic carbocycles. The molecular formula is C22H31N3O3. The van der Waals surface area contributed by atoms with Gasteiger partial charge in [-0.1, -0.05) is 51.1 Å². The first kappa shape index (κ1) is 20.4. The van der Waals surface area contributed by atoms with E-state index in [1.165, 1.54) is 0 Å². The fraction of sp³-hybridized carbons (Fsp3) is 0.591. The number of hydrogen-bond acceptors (Lipinski definition) is 3. The van der Waals surface area contributed by atoms with Crippen LogP contribution in [0, 0.1) is 11.3 Å². The summed E-state index contributed by atoms with van der Waals surface area (Å²) in [4.78, 5) is 42.0. The van der Waals surface area contributed by atoms with E-state index in [9.17, 15) is 14.4 Å². The first-order chi connectivity index (χ1) is 13.3. The Balaban J connectivity index is 1.80. The third-order valence-corrected chi connectivity index (χ3v) is 5.60. The molecule has 2 aliphatic heterocycles. The highest BCUT2D eigenvalue weighted by Crippen LogP contribution is 2.30. The van der Waals surface area contributed by atoms with Gasteiger partial charge in [-0.25, -0.2) is 0 Å². The fourth-order valence-electron chi connectivity index (χ4n) is 4.14. The first-order valence-electron chi connectivity index (χ1n) is 10.2. The lowest BCUT2D eigenvalue weighted by atomic mass is 9.90. The molecule has 1 aromatic carbocycles. The first-order valence-corrected chi connectivity index (χ1v) is 10.2. The highest BCUT2D eigenvalue weighted by Gasteiger charge is 2.38. The number of piperidine rings is 1. The Kier molecular flexibility index (Phi) is 6.06. The minimum absolute atomic E-state index is 0.0302. The number of nitrogens with zero attached hydrogens (tertiary/aromatic N) is 2. The lowest BCUT2D eigenvalue weighted by Crippen LogP contribution is -2.50. The van der Waals surface area contributed by atoms with Gasteiger partial charge in [0.1, 0.15) is 0 Å². The molecule has 0 saturated carbocycles. The van der Waals surface area contributed by atoms with Gasteiger partial charge in [0.05, 0.1) is 18.4 Å². The Bertz CT molecular complexity index is 726. The highest BCUT2D eigenvalue weighted by atomic mass is 16.2. The molecule has 152 valence electrons. The van der Waals surface area contributed by atoms with Crippen molar-refractivity contribution in [1.29, 1.82) is 0 Å². The van der Waals surface area contributed by atoms with Crippen molar-refractivity contribution < 1.29 is 14.4 Å². The van der Waals surface area contributed by atoms with Crippen LogP contribution in [-0.2, 0) is 14.4 Å². The molecule has 2 aliphatic rings. The van der Waals surface area contributed by atoms with E-state index in [1.54, 1.807) is 0 Å². The number of likely N-dealkylation sites (tertiary alicyclic amines) is 1. The Morgan fingerprint density at radius 3 is 2.50 bits per heavy atom. The van der Waals surface area contributed by atoms with Crippen molar-refractivity contribution in [1.82, 2.24) is 15.1 Å². The molecule has 0 bridgehead atoms. The van der Waals surface area contributed by atoms with Crippen LogP contribution in [0.5, 0.6) is 0 Å². The van der Waals surface area contributed by atoms with E-state index in [1.807, 2.05) is 60.9 Å². The van der Waals surface area contributed by atoms with E-state index >= 15 is 0 Å². The van der Waals surface area contributed by atoms with E-state index in [-0.39, 0.29) is 36.1 Å². The smallest absolute Gasteiger partial charge is 0.228 e. The maximum absolute atomic E-state index is 13.5. The topological polar surface area (TPSA) is 69.7 Å². The molecule has 1 aromatic rings. The van der Waals surface area contributed by atoms with Crippen molar-refractivity contribution in [2.24, 2.45) is 11.3 Å². The number of benzene rings is 1. The largest absolute Gasteiger partial charge is 0.354 e. The number of carbonyl (C=O) groups is 3. The van der Waals surface area contributed by atoms with Gasteiger partial charge in [-0.2, -0.15) is 0 Å². The monoisotopic (exact) mass is 385 g/mol. The Labute approximate surface area is 167 Å². The maximum Gasteiger partial charge on any atom is 0.228 e. The summed E-state index contributed by atoms with van der Waals surface area (Å²) in [6, 6.07) is 9.49. The van der Waals surface area contributed by atoms with Gasteiger partial charge in [0.15, 0.2) is 0 Å². The normalized spacial score (nSPS) is 23.8. The fourth-order valence-corrected chi connectivity index (χ4v) is 4.14. The van der Waals surface area contributed by atoms with Crippen molar-refractivity contribution in [3.05, 3.63) is 35.9 Å². The lowest BCUT2D eigenvalue weighted by molar-refractivity contribution is -0.146.